The molecular formula is C20H16F4N2O4. The highest BCUT2D eigenvalue weighted by Gasteiger charge is 2.34. The normalized spacial score (nSPS) is 15.9. The molecule has 30 heavy (non-hydrogen) atoms. The topological polar surface area (TPSA) is 67.9 Å². The summed E-state index contributed by atoms with van der Waals surface area (Å²) >= 11 is 0. The Hall–Kier alpha value is -3.30. The molecule has 10 heteroatoms. The summed E-state index contributed by atoms with van der Waals surface area (Å²) in [5.41, 5.74) is -0.416. The quantitative estimate of drug-likeness (QED) is 0.748. The van der Waals surface area contributed by atoms with Crippen molar-refractivity contribution < 1.29 is 36.6 Å². The Labute approximate surface area is 168 Å². The van der Waals surface area contributed by atoms with E-state index in [1.54, 1.807) is 0 Å². The van der Waals surface area contributed by atoms with Gasteiger partial charge in [-0.15, -0.1) is 0 Å². The van der Waals surface area contributed by atoms with E-state index in [1.165, 1.54) is 11.0 Å². The van der Waals surface area contributed by atoms with E-state index in [9.17, 15) is 27.2 Å². The molecule has 0 atom stereocenters. The molecule has 2 aromatic rings. The Bertz CT molecular complexity index is 1010. The van der Waals surface area contributed by atoms with Crippen LogP contribution in [0.3, 0.4) is 0 Å². The van der Waals surface area contributed by atoms with Crippen molar-refractivity contribution in [2.45, 2.75) is 6.43 Å². The number of halogens is 4. The maximum absolute atomic E-state index is 14.3. The third-order valence-corrected chi connectivity index (χ3v) is 4.86. The van der Waals surface area contributed by atoms with Gasteiger partial charge in [-0.3, -0.25) is 9.59 Å². The molecule has 2 aliphatic heterocycles. The number of amides is 2. The molecule has 0 spiro atoms. The first-order valence-electron chi connectivity index (χ1n) is 9.07. The number of nitrogens with one attached hydrogen (secondary N) is 1. The molecule has 0 unspecified atom stereocenters. The second-order valence-electron chi connectivity index (χ2n) is 7.04. The van der Waals surface area contributed by atoms with E-state index in [2.05, 4.69) is 5.32 Å². The zero-order valence-corrected chi connectivity index (χ0v) is 15.5. The number of alkyl halides is 2. The first kappa shape index (κ1) is 20.0. The SMILES string of the molecule is O=C1COc2cc(F)c(C(=O)N3CC(COc4ccc(C(F)F)cc4F)C3)cc2N1. The molecule has 2 aromatic carbocycles. The summed E-state index contributed by atoms with van der Waals surface area (Å²) in [4.78, 5) is 25.3. The van der Waals surface area contributed by atoms with Crippen LogP contribution in [0.5, 0.6) is 11.5 Å². The minimum absolute atomic E-state index is 0.0747. The maximum atomic E-state index is 14.3. The number of nitrogens with zero attached hydrogens (tertiary/aromatic N) is 1. The average molecular weight is 424 g/mol. The number of hydrogen-bond acceptors (Lipinski definition) is 4. The molecule has 0 radical (unpaired) electrons. The second kappa shape index (κ2) is 7.85. The molecule has 0 saturated carbocycles. The summed E-state index contributed by atoms with van der Waals surface area (Å²) in [7, 11) is 0. The summed E-state index contributed by atoms with van der Waals surface area (Å²) in [6, 6.07) is 5.22. The zero-order chi connectivity index (χ0) is 21.4. The van der Waals surface area contributed by atoms with E-state index in [4.69, 9.17) is 9.47 Å². The molecule has 2 aliphatic rings. The van der Waals surface area contributed by atoms with Crippen LogP contribution in [-0.4, -0.2) is 43.0 Å². The summed E-state index contributed by atoms with van der Waals surface area (Å²) < 4.78 is 63.6. The van der Waals surface area contributed by atoms with Gasteiger partial charge in [0, 0.05) is 30.6 Å². The molecule has 4 rings (SSSR count). The molecule has 1 N–H and O–H groups in total. The van der Waals surface area contributed by atoms with Crippen molar-refractivity contribution in [1.82, 2.24) is 4.90 Å². The van der Waals surface area contributed by atoms with Gasteiger partial charge in [-0.1, -0.05) is 0 Å². The predicted octanol–water partition coefficient (Wildman–Crippen LogP) is 3.38. The van der Waals surface area contributed by atoms with Crippen LogP contribution in [-0.2, 0) is 4.79 Å². The van der Waals surface area contributed by atoms with Crippen LogP contribution in [0.4, 0.5) is 23.2 Å². The third kappa shape index (κ3) is 3.89. The van der Waals surface area contributed by atoms with Crippen LogP contribution in [0.1, 0.15) is 22.3 Å². The molecule has 158 valence electrons. The van der Waals surface area contributed by atoms with E-state index in [0.29, 0.717) is 0 Å². The van der Waals surface area contributed by atoms with Crippen molar-refractivity contribution >= 4 is 17.5 Å². The van der Waals surface area contributed by atoms with Crippen LogP contribution in [0.15, 0.2) is 30.3 Å². The van der Waals surface area contributed by atoms with Crippen LogP contribution in [0.2, 0.25) is 0 Å². The van der Waals surface area contributed by atoms with Crippen molar-refractivity contribution in [3.8, 4) is 11.5 Å². The lowest BCUT2D eigenvalue weighted by molar-refractivity contribution is -0.118. The van der Waals surface area contributed by atoms with E-state index < -0.39 is 35.4 Å². The van der Waals surface area contributed by atoms with Gasteiger partial charge in [0.25, 0.3) is 18.2 Å². The number of likely N-dealkylation sites (tertiary alicyclic amines) is 1. The molecule has 1 fully saturated rings. The average Bonchev–Trinajstić information content (AvgIpc) is 2.67. The lowest BCUT2D eigenvalue weighted by atomic mass is 9.99. The minimum atomic E-state index is -2.77. The molecule has 0 aromatic heterocycles. The number of ether oxygens (including phenoxy) is 2. The predicted molar refractivity (Wildman–Crippen MR) is 96.8 cm³/mol. The van der Waals surface area contributed by atoms with Crippen LogP contribution < -0.4 is 14.8 Å². The van der Waals surface area contributed by atoms with E-state index in [1.807, 2.05) is 0 Å². The third-order valence-electron chi connectivity index (χ3n) is 4.86. The highest BCUT2D eigenvalue weighted by Crippen LogP contribution is 2.32. The number of carbonyl (C=O) groups excluding carboxylic acids is 2. The Balaban J connectivity index is 1.34. The molecule has 6 nitrogen and oxygen atoms in total. The van der Waals surface area contributed by atoms with Gasteiger partial charge in [0.1, 0.15) is 11.6 Å². The van der Waals surface area contributed by atoms with Gasteiger partial charge in [-0.05, 0) is 24.3 Å². The maximum Gasteiger partial charge on any atom is 0.263 e. The fraction of sp³-hybridized carbons (Fsp3) is 0.300. The minimum Gasteiger partial charge on any atom is -0.490 e. The number of benzene rings is 2. The summed E-state index contributed by atoms with van der Waals surface area (Å²) in [6.45, 7) is 0.369. The molecule has 2 amide bonds. The highest BCUT2D eigenvalue weighted by atomic mass is 19.3. The van der Waals surface area contributed by atoms with Crippen LogP contribution in [0.25, 0.3) is 0 Å². The number of carbonyl (C=O) groups is 2. The fourth-order valence-corrected chi connectivity index (χ4v) is 3.25. The van der Waals surface area contributed by atoms with Crippen LogP contribution in [0, 0.1) is 17.6 Å². The Kier molecular flexibility index (Phi) is 5.23. The number of fused-ring (bicyclic) bond motifs is 1. The van der Waals surface area contributed by atoms with Crippen molar-refractivity contribution in [3.63, 3.8) is 0 Å². The van der Waals surface area contributed by atoms with E-state index in [-0.39, 0.29) is 55.0 Å². The van der Waals surface area contributed by atoms with E-state index >= 15 is 0 Å². The Morgan fingerprint density at radius 2 is 1.97 bits per heavy atom. The number of hydrogen-bond donors (Lipinski definition) is 1. The van der Waals surface area contributed by atoms with Gasteiger partial charge in [-0.25, -0.2) is 17.6 Å². The van der Waals surface area contributed by atoms with Crippen LogP contribution >= 0.6 is 0 Å². The monoisotopic (exact) mass is 424 g/mol. The lowest BCUT2D eigenvalue weighted by Gasteiger charge is -2.39. The van der Waals surface area contributed by atoms with Crippen molar-refractivity contribution in [3.05, 3.63) is 53.1 Å². The first-order chi connectivity index (χ1) is 14.3. The van der Waals surface area contributed by atoms with Gasteiger partial charge in [0.15, 0.2) is 18.2 Å². The summed E-state index contributed by atoms with van der Waals surface area (Å²) in [6.07, 6.45) is -2.77. The number of rotatable bonds is 5. The zero-order valence-electron chi connectivity index (χ0n) is 15.5. The van der Waals surface area contributed by atoms with Gasteiger partial charge >= 0.3 is 0 Å². The Morgan fingerprint density at radius 1 is 1.20 bits per heavy atom. The first-order valence-corrected chi connectivity index (χ1v) is 9.07. The molecule has 0 aliphatic carbocycles. The summed E-state index contributed by atoms with van der Waals surface area (Å²) in [5, 5.41) is 2.52. The van der Waals surface area contributed by atoms with E-state index in [0.717, 1.165) is 24.3 Å². The lowest BCUT2D eigenvalue weighted by Crippen LogP contribution is -2.52. The summed E-state index contributed by atoms with van der Waals surface area (Å²) in [5.74, 6) is -2.73. The van der Waals surface area contributed by atoms with Gasteiger partial charge in [0.2, 0.25) is 0 Å². The fourth-order valence-electron chi connectivity index (χ4n) is 3.25. The Morgan fingerprint density at radius 3 is 2.67 bits per heavy atom. The van der Waals surface area contributed by atoms with Crippen molar-refractivity contribution in [1.29, 1.82) is 0 Å². The molecule has 0 bridgehead atoms. The molecule has 2 heterocycles. The van der Waals surface area contributed by atoms with Gasteiger partial charge < -0.3 is 19.7 Å². The smallest absolute Gasteiger partial charge is 0.263 e. The molecular weight excluding hydrogens is 408 g/mol. The largest absolute Gasteiger partial charge is 0.490 e. The highest BCUT2D eigenvalue weighted by molar-refractivity contribution is 6.00. The van der Waals surface area contributed by atoms with Crippen molar-refractivity contribution in [2.24, 2.45) is 5.92 Å². The number of anilines is 1. The standard InChI is InChI=1S/C20H16F4N2O4/c21-13-5-17-15(25-18(27)9-30-17)4-12(13)20(28)26-6-10(7-26)8-29-16-2-1-11(19(23)24)3-14(16)22/h1-5,10,19H,6-9H2,(H,25,27). The molecule has 1 saturated heterocycles. The van der Waals surface area contributed by atoms with Crippen molar-refractivity contribution in [2.75, 3.05) is 31.6 Å². The second-order valence-corrected chi connectivity index (χ2v) is 7.04. The van der Waals surface area contributed by atoms with Gasteiger partial charge in [-0.2, -0.15) is 0 Å². The van der Waals surface area contributed by atoms with Gasteiger partial charge in [0.05, 0.1) is 17.9 Å².